The van der Waals surface area contributed by atoms with Crippen LogP contribution in [0.1, 0.15) is 18.8 Å². The normalized spacial score (nSPS) is 14.5. The number of alkyl halides is 1. The number of hydrogen-bond acceptors (Lipinski definition) is 4. The first-order valence-corrected chi connectivity index (χ1v) is 8.10. The molecule has 2 atom stereocenters. The Hall–Kier alpha value is -1.14. The standard InChI is InChI=1S/C12H16ClN3O2S/c1-8(7-19(3)17)16-10(6-13)14-9-4-5-11(18-2)15-12(9)16/h4-5,8H,6-7H2,1-3H3. The van der Waals surface area contributed by atoms with Crippen LogP contribution in [0.2, 0.25) is 0 Å². The number of rotatable bonds is 5. The molecule has 0 fully saturated rings. The van der Waals surface area contributed by atoms with E-state index >= 15 is 0 Å². The van der Waals surface area contributed by atoms with Crippen molar-refractivity contribution >= 4 is 33.6 Å². The molecule has 0 radical (unpaired) electrons. The van der Waals surface area contributed by atoms with E-state index in [4.69, 9.17) is 16.3 Å². The van der Waals surface area contributed by atoms with Gasteiger partial charge >= 0.3 is 0 Å². The predicted octanol–water partition coefficient (Wildman–Crippen LogP) is 2.12. The van der Waals surface area contributed by atoms with E-state index in [9.17, 15) is 4.21 Å². The Morgan fingerprint density at radius 1 is 1.47 bits per heavy atom. The first-order valence-electron chi connectivity index (χ1n) is 5.84. The average molecular weight is 302 g/mol. The number of hydrogen-bond donors (Lipinski definition) is 0. The predicted molar refractivity (Wildman–Crippen MR) is 77.3 cm³/mol. The van der Waals surface area contributed by atoms with Crippen molar-refractivity contribution in [2.24, 2.45) is 0 Å². The van der Waals surface area contributed by atoms with Crippen molar-refractivity contribution in [3.63, 3.8) is 0 Å². The number of imidazole rings is 1. The van der Waals surface area contributed by atoms with Crippen LogP contribution in [-0.2, 0) is 16.7 Å². The van der Waals surface area contributed by atoms with Gasteiger partial charge in [-0.15, -0.1) is 11.6 Å². The second-order valence-corrected chi connectivity index (χ2v) is 6.06. The van der Waals surface area contributed by atoms with Gasteiger partial charge in [-0.2, -0.15) is 4.98 Å². The molecule has 0 aromatic carbocycles. The molecular formula is C12H16ClN3O2S. The highest BCUT2D eigenvalue weighted by atomic mass is 35.5. The molecule has 0 saturated heterocycles. The molecule has 2 rings (SSSR count). The summed E-state index contributed by atoms with van der Waals surface area (Å²) in [7, 11) is 0.680. The van der Waals surface area contributed by atoms with E-state index in [-0.39, 0.29) is 6.04 Å². The lowest BCUT2D eigenvalue weighted by atomic mass is 10.3. The second kappa shape index (κ2) is 5.88. The monoisotopic (exact) mass is 301 g/mol. The highest BCUT2D eigenvalue weighted by Crippen LogP contribution is 2.23. The topological polar surface area (TPSA) is 57.0 Å². The zero-order valence-corrected chi connectivity index (χ0v) is 12.7. The van der Waals surface area contributed by atoms with Gasteiger partial charge in [-0.3, -0.25) is 4.21 Å². The van der Waals surface area contributed by atoms with E-state index in [1.807, 2.05) is 17.6 Å². The van der Waals surface area contributed by atoms with Gasteiger partial charge in [-0.1, -0.05) is 0 Å². The molecule has 0 aliphatic carbocycles. The summed E-state index contributed by atoms with van der Waals surface area (Å²) in [5, 5.41) is 0. The first kappa shape index (κ1) is 14.3. The zero-order valence-electron chi connectivity index (χ0n) is 11.1. The Morgan fingerprint density at radius 2 is 2.21 bits per heavy atom. The molecule has 2 heterocycles. The summed E-state index contributed by atoms with van der Waals surface area (Å²) in [4.78, 5) is 8.86. The van der Waals surface area contributed by atoms with Crippen LogP contribution in [0.15, 0.2) is 12.1 Å². The molecule has 0 aliphatic rings. The van der Waals surface area contributed by atoms with Gasteiger partial charge in [0.05, 0.1) is 13.0 Å². The lowest BCUT2D eigenvalue weighted by Gasteiger charge is -2.15. The zero-order chi connectivity index (χ0) is 14.0. The number of methoxy groups -OCH3 is 1. The van der Waals surface area contributed by atoms with Crippen molar-refractivity contribution in [3.8, 4) is 5.88 Å². The van der Waals surface area contributed by atoms with Crippen molar-refractivity contribution in [1.82, 2.24) is 14.5 Å². The molecule has 2 unspecified atom stereocenters. The molecular weight excluding hydrogens is 286 g/mol. The molecule has 0 spiro atoms. The average Bonchev–Trinajstić information content (AvgIpc) is 2.74. The van der Waals surface area contributed by atoms with Gasteiger partial charge in [0, 0.05) is 34.9 Å². The molecule has 104 valence electrons. The van der Waals surface area contributed by atoms with Gasteiger partial charge in [0.25, 0.3) is 0 Å². The Labute approximate surface area is 119 Å². The maximum Gasteiger partial charge on any atom is 0.215 e. The maximum atomic E-state index is 11.4. The van der Waals surface area contributed by atoms with E-state index < -0.39 is 10.8 Å². The molecule has 0 bridgehead atoms. The fourth-order valence-corrected chi connectivity index (χ4v) is 3.11. The number of pyridine rings is 1. The summed E-state index contributed by atoms with van der Waals surface area (Å²) in [6, 6.07) is 3.63. The maximum absolute atomic E-state index is 11.4. The molecule has 0 aliphatic heterocycles. The first-order chi connectivity index (χ1) is 9.06. The summed E-state index contributed by atoms with van der Waals surface area (Å²) in [6.07, 6.45) is 1.68. The lowest BCUT2D eigenvalue weighted by Crippen LogP contribution is -2.15. The lowest BCUT2D eigenvalue weighted by molar-refractivity contribution is 0.398. The summed E-state index contributed by atoms with van der Waals surface area (Å²) in [5.74, 6) is 2.09. The smallest absolute Gasteiger partial charge is 0.215 e. The largest absolute Gasteiger partial charge is 0.481 e. The van der Waals surface area contributed by atoms with Crippen molar-refractivity contribution in [3.05, 3.63) is 18.0 Å². The second-order valence-electron chi connectivity index (χ2n) is 4.32. The van der Waals surface area contributed by atoms with Crippen molar-refractivity contribution in [2.45, 2.75) is 18.8 Å². The highest BCUT2D eigenvalue weighted by Gasteiger charge is 2.18. The third-order valence-electron chi connectivity index (χ3n) is 2.83. The van der Waals surface area contributed by atoms with Crippen molar-refractivity contribution < 1.29 is 8.95 Å². The molecule has 5 nitrogen and oxygen atoms in total. The minimum Gasteiger partial charge on any atom is -0.481 e. The summed E-state index contributed by atoms with van der Waals surface area (Å²) in [6.45, 7) is 1.99. The van der Waals surface area contributed by atoms with Gasteiger partial charge in [0.1, 0.15) is 11.3 Å². The number of ether oxygens (including phenoxy) is 1. The van der Waals surface area contributed by atoms with E-state index in [1.54, 1.807) is 19.4 Å². The SMILES string of the molecule is COc1ccc2nc(CCl)n(C(C)CS(C)=O)c2n1. The summed E-state index contributed by atoms with van der Waals surface area (Å²) >= 11 is 5.94. The highest BCUT2D eigenvalue weighted by molar-refractivity contribution is 7.84. The third-order valence-corrected chi connectivity index (χ3v) is 4.02. The molecule has 0 N–H and O–H groups in total. The van der Waals surface area contributed by atoms with E-state index in [0.717, 1.165) is 11.3 Å². The minimum absolute atomic E-state index is 0.0178. The van der Waals surface area contributed by atoms with Crippen LogP contribution < -0.4 is 4.74 Å². The van der Waals surface area contributed by atoms with Crippen LogP contribution in [0.4, 0.5) is 0 Å². The molecule has 7 heteroatoms. The van der Waals surface area contributed by atoms with Crippen LogP contribution in [0.5, 0.6) is 5.88 Å². The number of aromatic nitrogens is 3. The van der Waals surface area contributed by atoms with Crippen LogP contribution >= 0.6 is 11.6 Å². The van der Waals surface area contributed by atoms with Gasteiger partial charge in [0.2, 0.25) is 5.88 Å². The van der Waals surface area contributed by atoms with E-state index in [1.165, 1.54) is 0 Å². The number of nitrogens with zero attached hydrogens (tertiary/aromatic N) is 3. The van der Waals surface area contributed by atoms with E-state index in [0.29, 0.717) is 23.2 Å². The van der Waals surface area contributed by atoms with E-state index in [2.05, 4.69) is 9.97 Å². The Bertz CT molecular complexity index is 614. The minimum atomic E-state index is -0.891. The fourth-order valence-electron chi connectivity index (χ4n) is 2.09. The van der Waals surface area contributed by atoms with Crippen molar-refractivity contribution in [1.29, 1.82) is 0 Å². The summed E-state index contributed by atoms with van der Waals surface area (Å²) < 4.78 is 18.5. The molecule has 2 aromatic rings. The Kier molecular flexibility index (Phi) is 4.42. The van der Waals surface area contributed by atoms with Gasteiger partial charge < -0.3 is 9.30 Å². The molecule has 0 saturated carbocycles. The van der Waals surface area contributed by atoms with Crippen LogP contribution in [-0.4, -0.2) is 37.9 Å². The van der Waals surface area contributed by atoms with Crippen molar-refractivity contribution in [2.75, 3.05) is 19.1 Å². The van der Waals surface area contributed by atoms with Gasteiger partial charge in [0.15, 0.2) is 5.65 Å². The number of halogens is 1. The molecule has 2 aromatic heterocycles. The molecule has 0 amide bonds. The third kappa shape index (κ3) is 2.90. The van der Waals surface area contributed by atoms with Crippen LogP contribution in [0, 0.1) is 0 Å². The number of fused-ring (bicyclic) bond motifs is 1. The molecule has 19 heavy (non-hydrogen) atoms. The summed E-state index contributed by atoms with van der Waals surface area (Å²) in [5.41, 5.74) is 1.48. The van der Waals surface area contributed by atoms with Gasteiger partial charge in [-0.25, -0.2) is 4.98 Å². The van der Waals surface area contributed by atoms with Crippen LogP contribution in [0.25, 0.3) is 11.2 Å². The fraction of sp³-hybridized carbons (Fsp3) is 0.500. The Balaban J connectivity index is 2.57. The quantitative estimate of drug-likeness (QED) is 0.794. The van der Waals surface area contributed by atoms with Gasteiger partial charge in [-0.05, 0) is 13.0 Å². The van der Waals surface area contributed by atoms with Crippen LogP contribution in [0.3, 0.4) is 0 Å². The Morgan fingerprint density at radius 3 is 2.79 bits per heavy atom.